The first kappa shape index (κ1) is 18.0. The third kappa shape index (κ3) is 3.75. The van der Waals surface area contributed by atoms with Crippen LogP contribution in [0.25, 0.3) is 0 Å². The van der Waals surface area contributed by atoms with Crippen molar-refractivity contribution in [2.24, 2.45) is 11.1 Å². The van der Waals surface area contributed by atoms with Crippen LogP contribution in [0.1, 0.15) is 25.5 Å². The molecule has 0 amide bonds. The van der Waals surface area contributed by atoms with E-state index >= 15 is 0 Å². The molecule has 0 radical (unpaired) electrons. The molecule has 1 aromatic carbocycles. The second-order valence-electron chi connectivity index (χ2n) is 4.58. The quantitative estimate of drug-likeness (QED) is 0.869. The van der Waals surface area contributed by atoms with Gasteiger partial charge in [0.05, 0.1) is 19.6 Å². The first-order chi connectivity index (χ1) is 8.34. The summed E-state index contributed by atoms with van der Waals surface area (Å²) in [6.07, 6.45) is 0. The molecule has 108 valence electrons. The minimum atomic E-state index is -0.868. The maximum atomic E-state index is 11.8. The number of nitrogens with two attached hydrogens (primary N) is 1. The fourth-order valence-electron chi connectivity index (χ4n) is 1.73. The Balaban J connectivity index is 0.00000324. The van der Waals surface area contributed by atoms with Crippen molar-refractivity contribution in [3.8, 4) is 5.75 Å². The van der Waals surface area contributed by atoms with E-state index in [1.165, 1.54) is 7.11 Å². The highest BCUT2D eigenvalue weighted by atomic mass is 35.5. The Morgan fingerprint density at radius 1 is 1.37 bits per heavy atom. The van der Waals surface area contributed by atoms with Crippen LogP contribution >= 0.6 is 24.0 Å². The highest BCUT2D eigenvalue weighted by molar-refractivity contribution is 6.30. The van der Waals surface area contributed by atoms with Gasteiger partial charge in [-0.3, -0.25) is 4.79 Å². The first-order valence-electron chi connectivity index (χ1n) is 5.52. The van der Waals surface area contributed by atoms with Crippen LogP contribution in [0.15, 0.2) is 18.2 Å². The molecule has 0 spiro atoms. The summed E-state index contributed by atoms with van der Waals surface area (Å²) in [7, 11) is 2.89. The molecule has 4 nitrogen and oxygen atoms in total. The van der Waals surface area contributed by atoms with Gasteiger partial charge in [-0.15, -0.1) is 12.4 Å². The number of carbonyl (C=O) groups is 1. The van der Waals surface area contributed by atoms with E-state index in [9.17, 15) is 4.79 Å². The van der Waals surface area contributed by atoms with Gasteiger partial charge < -0.3 is 15.2 Å². The maximum Gasteiger partial charge on any atom is 0.313 e. The van der Waals surface area contributed by atoms with Crippen LogP contribution in [-0.2, 0) is 9.53 Å². The Morgan fingerprint density at radius 3 is 2.42 bits per heavy atom. The predicted molar refractivity (Wildman–Crippen MR) is 78.0 cm³/mol. The molecule has 0 aromatic heterocycles. The van der Waals surface area contributed by atoms with Gasteiger partial charge in [0.1, 0.15) is 5.75 Å². The van der Waals surface area contributed by atoms with Gasteiger partial charge in [-0.05, 0) is 32.0 Å². The van der Waals surface area contributed by atoms with Gasteiger partial charge >= 0.3 is 5.97 Å². The average Bonchev–Trinajstić information content (AvgIpc) is 2.36. The second-order valence-corrected chi connectivity index (χ2v) is 5.01. The lowest BCUT2D eigenvalue weighted by atomic mass is 9.80. The van der Waals surface area contributed by atoms with Gasteiger partial charge in [0.25, 0.3) is 0 Å². The topological polar surface area (TPSA) is 61.5 Å². The molecule has 0 saturated carbocycles. The zero-order valence-electron chi connectivity index (χ0n) is 11.4. The standard InChI is InChI=1S/C13H18ClNO3.ClH/c1-13(2,12(16)18-4)11(15)9-7-8(14)5-6-10(9)17-3;/h5-7,11H,15H2,1-4H3;1H/t11-;/m0./s1. The summed E-state index contributed by atoms with van der Waals surface area (Å²) in [6, 6.07) is 4.57. The number of halogens is 2. The Bertz CT molecular complexity index is 450. The molecule has 2 N–H and O–H groups in total. The predicted octanol–water partition coefficient (Wildman–Crippen LogP) is 2.97. The smallest absolute Gasteiger partial charge is 0.313 e. The Morgan fingerprint density at radius 2 is 1.95 bits per heavy atom. The fraction of sp³-hybridized carbons (Fsp3) is 0.462. The van der Waals surface area contributed by atoms with Gasteiger partial charge in [-0.25, -0.2) is 0 Å². The molecular formula is C13H19Cl2NO3. The number of carbonyl (C=O) groups excluding carboxylic acids is 1. The number of esters is 1. The highest BCUT2D eigenvalue weighted by Gasteiger charge is 2.38. The van der Waals surface area contributed by atoms with Gasteiger partial charge in [0.2, 0.25) is 0 Å². The summed E-state index contributed by atoms with van der Waals surface area (Å²) >= 11 is 5.95. The molecule has 0 fully saturated rings. The molecule has 1 aromatic rings. The summed E-state index contributed by atoms with van der Waals surface area (Å²) in [5.74, 6) is 0.223. The van der Waals surface area contributed by atoms with E-state index < -0.39 is 11.5 Å². The number of rotatable bonds is 4. The lowest BCUT2D eigenvalue weighted by Crippen LogP contribution is -2.37. The van der Waals surface area contributed by atoms with Crippen LogP contribution in [-0.4, -0.2) is 20.2 Å². The van der Waals surface area contributed by atoms with Crippen molar-refractivity contribution in [2.75, 3.05) is 14.2 Å². The minimum Gasteiger partial charge on any atom is -0.496 e. The second kappa shape index (κ2) is 6.98. The normalized spacial score (nSPS) is 12.3. The number of hydrogen-bond donors (Lipinski definition) is 1. The van der Waals surface area contributed by atoms with Crippen molar-refractivity contribution >= 4 is 30.0 Å². The SMILES string of the molecule is COC(=O)C(C)(C)[C@@H](N)c1cc(Cl)ccc1OC.Cl. The van der Waals surface area contributed by atoms with Crippen LogP contribution < -0.4 is 10.5 Å². The third-order valence-electron chi connectivity index (χ3n) is 3.02. The van der Waals surface area contributed by atoms with Gasteiger partial charge in [0, 0.05) is 16.6 Å². The monoisotopic (exact) mass is 307 g/mol. The van der Waals surface area contributed by atoms with E-state index in [1.54, 1.807) is 39.2 Å². The van der Waals surface area contributed by atoms with E-state index in [0.717, 1.165) is 0 Å². The summed E-state index contributed by atoms with van der Waals surface area (Å²) in [5.41, 5.74) is 5.97. The van der Waals surface area contributed by atoms with E-state index in [2.05, 4.69) is 0 Å². The van der Waals surface area contributed by atoms with Gasteiger partial charge in [-0.2, -0.15) is 0 Å². The summed E-state index contributed by atoms with van der Waals surface area (Å²) in [4.78, 5) is 11.8. The number of hydrogen-bond acceptors (Lipinski definition) is 4. The number of benzene rings is 1. The first-order valence-corrected chi connectivity index (χ1v) is 5.89. The summed E-state index contributed by atoms with van der Waals surface area (Å²) in [6.45, 7) is 3.45. The molecular weight excluding hydrogens is 289 g/mol. The van der Waals surface area contributed by atoms with E-state index in [1.807, 2.05) is 0 Å². The maximum absolute atomic E-state index is 11.8. The lowest BCUT2D eigenvalue weighted by molar-refractivity contribution is -0.152. The van der Waals surface area contributed by atoms with E-state index in [0.29, 0.717) is 16.3 Å². The van der Waals surface area contributed by atoms with Crippen molar-refractivity contribution in [1.29, 1.82) is 0 Å². The molecule has 0 aliphatic heterocycles. The minimum absolute atomic E-state index is 0. The molecule has 0 aliphatic rings. The molecule has 0 heterocycles. The molecule has 0 aliphatic carbocycles. The number of methoxy groups -OCH3 is 2. The molecule has 6 heteroatoms. The molecule has 1 atom stereocenters. The van der Waals surface area contributed by atoms with Crippen molar-refractivity contribution in [3.63, 3.8) is 0 Å². The molecule has 19 heavy (non-hydrogen) atoms. The highest BCUT2D eigenvalue weighted by Crippen LogP contribution is 2.38. The van der Waals surface area contributed by atoms with Crippen molar-refractivity contribution in [2.45, 2.75) is 19.9 Å². The van der Waals surface area contributed by atoms with Gasteiger partial charge in [0.15, 0.2) is 0 Å². The Kier molecular flexibility index (Phi) is 6.63. The van der Waals surface area contributed by atoms with Crippen LogP contribution in [0.5, 0.6) is 5.75 Å². The molecule has 1 rings (SSSR count). The van der Waals surface area contributed by atoms with Crippen LogP contribution in [0.4, 0.5) is 0 Å². The summed E-state index contributed by atoms with van der Waals surface area (Å²) < 4.78 is 10.0. The number of ether oxygens (including phenoxy) is 2. The van der Waals surface area contributed by atoms with Crippen molar-refractivity contribution in [3.05, 3.63) is 28.8 Å². The summed E-state index contributed by atoms with van der Waals surface area (Å²) in [5, 5.41) is 0.543. The van der Waals surface area contributed by atoms with E-state index in [4.69, 9.17) is 26.8 Å². The van der Waals surface area contributed by atoms with Crippen LogP contribution in [0.2, 0.25) is 5.02 Å². The van der Waals surface area contributed by atoms with Crippen molar-refractivity contribution < 1.29 is 14.3 Å². The van der Waals surface area contributed by atoms with Gasteiger partial charge in [-0.1, -0.05) is 11.6 Å². The van der Waals surface area contributed by atoms with E-state index in [-0.39, 0.29) is 18.4 Å². The Hall–Kier alpha value is -0.970. The fourth-order valence-corrected chi connectivity index (χ4v) is 1.91. The lowest BCUT2D eigenvalue weighted by Gasteiger charge is -2.29. The van der Waals surface area contributed by atoms with Crippen LogP contribution in [0.3, 0.4) is 0 Å². The zero-order valence-corrected chi connectivity index (χ0v) is 13.0. The molecule has 0 unspecified atom stereocenters. The molecule has 0 saturated heterocycles. The Labute approximate surface area is 124 Å². The molecule has 0 bridgehead atoms. The largest absolute Gasteiger partial charge is 0.496 e. The zero-order chi connectivity index (χ0) is 13.9. The van der Waals surface area contributed by atoms with Crippen LogP contribution in [0, 0.1) is 5.41 Å². The third-order valence-corrected chi connectivity index (χ3v) is 3.25. The average molecular weight is 308 g/mol. The van der Waals surface area contributed by atoms with Crippen molar-refractivity contribution in [1.82, 2.24) is 0 Å².